The van der Waals surface area contributed by atoms with Gasteiger partial charge in [0.15, 0.2) is 0 Å². The Morgan fingerprint density at radius 1 is 1.00 bits per heavy atom. The predicted molar refractivity (Wildman–Crippen MR) is 113 cm³/mol. The molecule has 162 valence electrons. The van der Waals surface area contributed by atoms with E-state index >= 15 is 0 Å². The van der Waals surface area contributed by atoms with Gasteiger partial charge < -0.3 is 25.6 Å². The number of carbonyl (C=O) groups is 4. The van der Waals surface area contributed by atoms with E-state index in [1.165, 1.54) is 12.0 Å². The summed E-state index contributed by atoms with van der Waals surface area (Å²) in [6, 6.07) is 15.7. The standard InChI is InChI=1S/C22H24N4O5/c1-31-21(29)18-12-17(24-20(28)15-8-4-2-5-9-15)14-26(18)19(27)13-23-22(30)25-16-10-6-3-7-11-16/h2-11,17-18H,12-14H2,1H3,(H,24,28)(H2,23,25,30)/t17-,18?/m1/s1. The molecule has 0 saturated carbocycles. The van der Waals surface area contributed by atoms with Crippen LogP contribution in [-0.2, 0) is 14.3 Å². The third-order valence-electron chi connectivity index (χ3n) is 4.90. The highest BCUT2D eigenvalue weighted by Gasteiger charge is 2.40. The van der Waals surface area contributed by atoms with Gasteiger partial charge in [-0.05, 0) is 24.3 Å². The summed E-state index contributed by atoms with van der Waals surface area (Å²) in [6.07, 6.45) is 0.229. The van der Waals surface area contributed by atoms with Crippen LogP contribution in [0, 0.1) is 0 Å². The first-order chi connectivity index (χ1) is 15.0. The van der Waals surface area contributed by atoms with Gasteiger partial charge >= 0.3 is 12.0 Å². The van der Waals surface area contributed by atoms with E-state index in [-0.39, 0.29) is 25.4 Å². The number of rotatable bonds is 6. The third-order valence-corrected chi connectivity index (χ3v) is 4.90. The Hall–Kier alpha value is -3.88. The summed E-state index contributed by atoms with van der Waals surface area (Å²) in [7, 11) is 1.24. The van der Waals surface area contributed by atoms with Crippen molar-refractivity contribution in [3.8, 4) is 0 Å². The van der Waals surface area contributed by atoms with Gasteiger partial charge in [-0.2, -0.15) is 0 Å². The Morgan fingerprint density at radius 2 is 1.65 bits per heavy atom. The lowest BCUT2D eigenvalue weighted by Crippen LogP contribution is -2.47. The highest BCUT2D eigenvalue weighted by Crippen LogP contribution is 2.20. The van der Waals surface area contributed by atoms with Crippen LogP contribution in [-0.4, -0.2) is 61.0 Å². The van der Waals surface area contributed by atoms with Crippen LogP contribution < -0.4 is 16.0 Å². The number of amides is 4. The first-order valence-corrected chi connectivity index (χ1v) is 9.81. The maximum absolute atomic E-state index is 12.7. The van der Waals surface area contributed by atoms with E-state index in [1.807, 2.05) is 6.07 Å². The summed E-state index contributed by atoms with van der Waals surface area (Å²) in [5, 5.41) is 7.95. The molecule has 2 aromatic carbocycles. The molecule has 1 unspecified atom stereocenters. The van der Waals surface area contributed by atoms with E-state index in [1.54, 1.807) is 54.6 Å². The fourth-order valence-electron chi connectivity index (χ4n) is 3.39. The summed E-state index contributed by atoms with van der Waals surface area (Å²) in [6.45, 7) is -0.162. The third kappa shape index (κ3) is 5.81. The molecule has 2 aromatic rings. The second-order valence-corrected chi connectivity index (χ2v) is 7.03. The van der Waals surface area contributed by atoms with Crippen LogP contribution in [0.2, 0.25) is 0 Å². The Labute approximate surface area is 179 Å². The van der Waals surface area contributed by atoms with Crippen LogP contribution in [0.4, 0.5) is 10.5 Å². The molecule has 1 saturated heterocycles. The molecule has 1 heterocycles. The van der Waals surface area contributed by atoms with Crippen molar-refractivity contribution in [3.63, 3.8) is 0 Å². The van der Waals surface area contributed by atoms with Crippen LogP contribution in [0.1, 0.15) is 16.8 Å². The molecule has 3 N–H and O–H groups in total. The van der Waals surface area contributed by atoms with Crippen molar-refractivity contribution in [1.82, 2.24) is 15.5 Å². The lowest BCUT2D eigenvalue weighted by molar-refractivity contribution is -0.150. The number of benzene rings is 2. The number of likely N-dealkylation sites (tertiary alicyclic amines) is 1. The van der Waals surface area contributed by atoms with Crippen molar-refractivity contribution in [2.24, 2.45) is 0 Å². The highest BCUT2D eigenvalue weighted by molar-refractivity contribution is 5.95. The largest absolute Gasteiger partial charge is 0.467 e. The predicted octanol–water partition coefficient (Wildman–Crippen LogP) is 1.38. The Bertz CT molecular complexity index is 935. The Kier molecular flexibility index (Phi) is 7.21. The number of ether oxygens (including phenoxy) is 1. The zero-order chi connectivity index (χ0) is 22.2. The molecule has 0 aromatic heterocycles. The van der Waals surface area contributed by atoms with Gasteiger partial charge in [-0.1, -0.05) is 36.4 Å². The van der Waals surface area contributed by atoms with E-state index in [0.29, 0.717) is 11.3 Å². The summed E-state index contributed by atoms with van der Waals surface area (Å²) in [4.78, 5) is 50.6. The van der Waals surface area contributed by atoms with Gasteiger partial charge in [0.1, 0.15) is 6.04 Å². The average Bonchev–Trinajstić information content (AvgIpc) is 3.22. The fraction of sp³-hybridized carbons (Fsp3) is 0.273. The molecule has 9 nitrogen and oxygen atoms in total. The number of methoxy groups -OCH3 is 1. The molecular weight excluding hydrogens is 400 g/mol. The molecule has 0 bridgehead atoms. The maximum atomic E-state index is 12.7. The van der Waals surface area contributed by atoms with Crippen molar-refractivity contribution < 1.29 is 23.9 Å². The number of hydrogen-bond donors (Lipinski definition) is 3. The van der Waals surface area contributed by atoms with Crippen LogP contribution in [0.5, 0.6) is 0 Å². The van der Waals surface area contributed by atoms with Gasteiger partial charge in [0.2, 0.25) is 5.91 Å². The maximum Gasteiger partial charge on any atom is 0.328 e. The van der Waals surface area contributed by atoms with Gasteiger partial charge in [-0.15, -0.1) is 0 Å². The van der Waals surface area contributed by atoms with Gasteiger partial charge in [0.25, 0.3) is 5.91 Å². The van der Waals surface area contributed by atoms with E-state index in [2.05, 4.69) is 16.0 Å². The van der Waals surface area contributed by atoms with Crippen molar-refractivity contribution in [2.45, 2.75) is 18.5 Å². The molecule has 1 aliphatic heterocycles. The van der Waals surface area contributed by atoms with E-state index in [9.17, 15) is 19.2 Å². The zero-order valence-corrected chi connectivity index (χ0v) is 17.0. The average molecular weight is 424 g/mol. The monoisotopic (exact) mass is 424 g/mol. The SMILES string of the molecule is COC(=O)C1C[C@@H](NC(=O)c2ccccc2)CN1C(=O)CNC(=O)Nc1ccccc1. The molecular formula is C22H24N4O5. The highest BCUT2D eigenvalue weighted by atomic mass is 16.5. The number of nitrogens with zero attached hydrogens (tertiary/aromatic N) is 1. The Morgan fingerprint density at radius 3 is 2.29 bits per heavy atom. The fourth-order valence-corrected chi connectivity index (χ4v) is 3.39. The van der Waals surface area contributed by atoms with Crippen molar-refractivity contribution >= 4 is 29.5 Å². The first kappa shape index (κ1) is 21.8. The lowest BCUT2D eigenvalue weighted by atomic mass is 10.1. The Balaban J connectivity index is 1.58. The van der Waals surface area contributed by atoms with E-state index < -0.39 is 30.0 Å². The zero-order valence-electron chi connectivity index (χ0n) is 17.0. The molecule has 31 heavy (non-hydrogen) atoms. The molecule has 1 aliphatic rings. The summed E-state index contributed by atoms with van der Waals surface area (Å²) in [5.74, 6) is -1.31. The second kappa shape index (κ2) is 10.2. The van der Waals surface area contributed by atoms with Crippen molar-refractivity contribution in [3.05, 3.63) is 66.2 Å². The molecule has 4 amide bonds. The van der Waals surface area contributed by atoms with Crippen LogP contribution in [0.25, 0.3) is 0 Å². The van der Waals surface area contributed by atoms with Crippen LogP contribution in [0.15, 0.2) is 60.7 Å². The van der Waals surface area contributed by atoms with Crippen molar-refractivity contribution in [2.75, 3.05) is 25.5 Å². The number of hydrogen-bond acceptors (Lipinski definition) is 5. The molecule has 3 rings (SSSR count). The molecule has 0 spiro atoms. The van der Waals surface area contributed by atoms with Gasteiger partial charge in [-0.3, -0.25) is 9.59 Å². The van der Waals surface area contributed by atoms with E-state index in [0.717, 1.165) is 0 Å². The van der Waals surface area contributed by atoms with Gasteiger partial charge in [0, 0.05) is 30.3 Å². The van der Waals surface area contributed by atoms with Crippen molar-refractivity contribution in [1.29, 1.82) is 0 Å². The molecule has 0 radical (unpaired) electrons. The summed E-state index contributed by atoms with van der Waals surface area (Å²) in [5.41, 5.74) is 1.07. The smallest absolute Gasteiger partial charge is 0.328 e. The number of carbonyl (C=O) groups excluding carboxylic acids is 4. The minimum atomic E-state index is -0.836. The molecule has 9 heteroatoms. The van der Waals surface area contributed by atoms with Crippen LogP contribution in [0.3, 0.4) is 0 Å². The topological polar surface area (TPSA) is 117 Å². The van der Waals surface area contributed by atoms with E-state index in [4.69, 9.17) is 4.74 Å². The quantitative estimate of drug-likeness (QED) is 0.606. The van der Waals surface area contributed by atoms with Crippen LogP contribution >= 0.6 is 0 Å². The normalized spacial score (nSPS) is 17.5. The first-order valence-electron chi connectivity index (χ1n) is 9.81. The molecule has 1 fully saturated rings. The molecule has 2 atom stereocenters. The minimum Gasteiger partial charge on any atom is -0.467 e. The summed E-state index contributed by atoms with van der Waals surface area (Å²) >= 11 is 0. The summed E-state index contributed by atoms with van der Waals surface area (Å²) < 4.78 is 4.81. The number of nitrogens with one attached hydrogen (secondary N) is 3. The van der Waals surface area contributed by atoms with Gasteiger partial charge in [-0.25, -0.2) is 9.59 Å². The minimum absolute atomic E-state index is 0.138. The number of esters is 1. The number of anilines is 1. The second-order valence-electron chi connectivity index (χ2n) is 7.03. The van der Waals surface area contributed by atoms with Gasteiger partial charge in [0.05, 0.1) is 13.7 Å². The lowest BCUT2D eigenvalue weighted by Gasteiger charge is -2.22. The molecule has 0 aliphatic carbocycles. The number of urea groups is 1. The number of para-hydroxylation sites is 1.